The molecule has 104 valence electrons. The van der Waals surface area contributed by atoms with Gasteiger partial charge >= 0.3 is 0 Å². The van der Waals surface area contributed by atoms with Gasteiger partial charge in [0.15, 0.2) is 0 Å². The average Bonchev–Trinajstić information content (AvgIpc) is 2.99. The van der Waals surface area contributed by atoms with Crippen LogP contribution in [-0.4, -0.2) is 37.2 Å². The van der Waals surface area contributed by atoms with Crippen molar-refractivity contribution in [3.05, 3.63) is 36.0 Å². The number of amides is 1. The summed E-state index contributed by atoms with van der Waals surface area (Å²) in [6, 6.07) is 9.65. The van der Waals surface area contributed by atoms with E-state index in [1.165, 1.54) is 0 Å². The predicted octanol–water partition coefficient (Wildman–Crippen LogP) is 1.80. The molecule has 1 aliphatic rings. The summed E-state index contributed by atoms with van der Waals surface area (Å²) in [6.45, 7) is 1.29. The minimum Gasteiger partial charge on any atom is -0.388 e. The second-order valence-electron chi connectivity index (χ2n) is 4.86. The summed E-state index contributed by atoms with van der Waals surface area (Å²) in [5, 5.41) is 7.08. The molecule has 0 radical (unpaired) electrons. The molecule has 3 rings (SSSR count). The number of benzene rings is 1. The smallest absolute Gasteiger partial charge is 0.270 e. The molecule has 1 aromatic carbocycles. The van der Waals surface area contributed by atoms with Gasteiger partial charge < -0.3 is 15.4 Å². The van der Waals surface area contributed by atoms with Gasteiger partial charge in [-0.3, -0.25) is 4.79 Å². The average molecular weight is 271 g/mol. The maximum absolute atomic E-state index is 12.3. The van der Waals surface area contributed by atoms with Gasteiger partial charge in [0, 0.05) is 24.7 Å². The summed E-state index contributed by atoms with van der Waals surface area (Å²) in [6.07, 6.45) is 0.859. The largest absolute Gasteiger partial charge is 0.388 e. The Morgan fingerprint density at radius 2 is 2.25 bits per heavy atom. The molecule has 0 saturated carbocycles. The topological polar surface area (TPSA) is 63.2 Å². The SMILES string of the molecule is CNc1cc(C(=O)NC2CCOC2)nc2ccccc12. The quantitative estimate of drug-likeness (QED) is 0.893. The molecule has 20 heavy (non-hydrogen) atoms. The molecular formula is C15H17N3O2. The van der Waals surface area contributed by atoms with E-state index in [1.807, 2.05) is 31.3 Å². The molecule has 0 spiro atoms. The number of nitrogens with zero attached hydrogens (tertiary/aromatic N) is 1. The molecule has 1 aromatic heterocycles. The van der Waals surface area contributed by atoms with Crippen LogP contribution >= 0.6 is 0 Å². The number of hydrogen-bond acceptors (Lipinski definition) is 4. The van der Waals surface area contributed by atoms with Gasteiger partial charge in [0.2, 0.25) is 0 Å². The van der Waals surface area contributed by atoms with Crippen molar-refractivity contribution in [3.63, 3.8) is 0 Å². The highest BCUT2D eigenvalue weighted by Crippen LogP contribution is 2.22. The van der Waals surface area contributed by atoms with Crippen LogP contribution in [0.3, 0.4) is 0 Å². The number of para-hydroxylation sites is 1. The molecule has 1 fully saturated rings. The third-order valence-electron chi connectivity index (χ3n) is 3.48. The zero-order chi connectivity index (χ0) is 13.9. The number of nitrogens with one attached hydrogen (secondary N) is 2. The number of anilines is 1. The zero-order valence-corrected chi connectivity index (χ0v) is 11.3. The number of carbonyl (C=O) groups excluding carboxylic acids is 1. The number of ether oxygens (including phenoxy) is 1. The van der Waals surface area contributed by atoms with Gasteiger partial charge in [-0.15, -0.1) is 0 Å². The van der Waals surface area contributed by atoms with Crippen molar-refractivity contribution < 1.29 is 9.53 Å². The number of rotatable bonds is 3. The Morgan fingerprint density at radius 3 is 3.00 bits per heavy atom. The van der Waals surface area contributed by atoms with Crippen LogP contribution in [0.1, 0.15) is 16.9 Å². The summed E-state index contributed by atoms with van der Waals surface area (Å²) in [5.41, 5.74) is 2.15. The van der Waals surface area contributed by atoms with Crippen molar-refractivity contribution in [2.75, 3.05) is 25.6 Å². The van der Waals surface area contributed by atoms with Crippen LogP contribution in [0, 0.1) is 0 Å². The molecule has 1 atom stereocenters. The van der Waals surface area contributed by atoms with Gasteiger partial charge in [0.1, 0.15) is 5.69 Å². The van der Waals surface area contributed by atoms with Crippen molar-refractivity contribution in [1.82, 2.24) is 10.3 Å². The number of fused-ring (bicyclic) bond motifs is 1. The fourth-order valence-electron chi connectivity index (χ4n) is 2.41. The van der Waals surface area contributed by atoms with Crippen molar-refractivity contribution in [3.8, 4) is 0 Å². The monoisotopic (exact) mass is 271 g/mol. The van der Waals surface area contributed by atoms with Gasteiger partial charge in [-0.05, 0) is 18.6 Å². The third-order valence-corrected chi connectivity index (χ3v) is 3.48. The molecule has 1 saturated heterocycles. The lowest BCUT2D eigenvalue weighted by molar-refractivity contribution is 0.0925. The number of pyridine rings is 1. The van der Waals surface area contributed by atoms with Crippen molar-refractivity contribution >= 4 is 22.5 Å². The van der Waals surface area contributed by atoms with E-state index in [9.17, 15) is 4.79 Å². The van der Waals surface area contributed by atoms with Crippen LogP contribution in [0.15, 0.2) is 30.3 Å². The van der Waals surface area contributed by atoms with Gasteiger partial charge in [-0.2, -0.15) is 0 Å². The molecule has 5 nitrogen and oxygen atoms in total. The minimum atomic E-state index is -0.150. The van der Waals surface area contributed by atoms with E-state index in [0.29, 0.717) is 18.9 Å². The molecule has 1 unspecified atom stereocenters. The van der Waals surface area contributed by atoms with E-state index >= 15 is 0 Å². The number of hydrogen-bond donors (Lipinski definition) is 2. The van der Waals surface area contributed by atoms with E-state index in [2.05, 4.69) is 15.6 Å². The summed E-state index contributed by atoms with van der Waals surface area (Å²) >= 11 is 0. The van der Waals surface area contributed by atoms with Crippen molar-refractivity contribution in [2.24, 2.45) is 0 Å². The molecule has 0 aliphatic carbocycles. The summed E-state index contributed by atoms with van der Waals surface area (Å²) in [4.78, 5) is 16.7. The van der Waals surface area contributed by atoms with Crippen LogP contribution in [0.5, 0.6) is 0 Å². The van der Waals surface area contributed by atoms with E-state index in [-0.39, 0.29) is 11.9 Å². The molecule has 2 aromatic rings. The van der Waals surface area contributed by atoms with E-state index < -0.39 is 0 Å². The predicted molar refractivity (Wildman–Crippen MR) is 78.0 cm³/mol. The van der Waals surface area contributed by atoms with Crippen molar-refractivity contribution in [1.29, 1.82) is 0 Å². The van der Waals surface area contributed by atoms with E-state index in [0.717, 1.165) is 23.0 Å². The summed E-state index contributed by atoms with van der Waals surface area (Å²) in [7, 11) is 1.84. The van der Waals surface area contributed by atoms with Gasteiger partial charge in [0.25, 0.3) is 5.91 Å². The Bertz CT molecular complexity index is 636. The summed E-state index contributed by atoms with van der Waals surface area (Å²) in [5.74, 6) is -0.150. The highest BCUT2D eigenvalue weighted by Gasteiger charge is 2.20. The van der Waals surface area contributed by atoms with Crippen LogP contribution in [0.2, 0.25) is 0 Å². The lowest BCUT2D eigenvalue weighted by Gasteiger charge is -2.12. The van der Waals surface area contributed by atoms with Gasteiger partial charge in [-0.1, -0.05) is 18.2 Å². The minimum absolute atomic E-state index is 0.0915. The third kappa shape index (κ3) is 2.44. The molecule has 2 N–H and O–H groups in total. The van der Waals surface area contributed by atoms with E-state index in [1.54, 1.807) is 6.07 Å². The normalized spacial score (nSPS) is 18.1. The standard InChI is InChI=1S/C15H17N3O2/c1-16-13-8-14(15(19)17-10-6-7-20-9-10)18-12-5-3-2-4-11(12)13/h2-5,8,10H,6-7,9H2,1H3,(H,16,18)(H,17,19). The maximum Gasteiger partial charge on any atom is 0.270 e. The molecule has 1 aliphatic heterocycles. The van der Waals surface area contributed by atoms with Crippen LogP contribution in [0.25, 0.3) is 10.9 Å². The van der Waals surface area contributed by atoms with Crippen LogP contribution in [-0.2, 0) is 4.74 Å². The fourth-order valence-corrected chi connectivity index (χ4v) is 2.41. The van der Waals surface area contributed by atoms with Crippen LogP contribution < -0.4 is 10.6 Å². The molecule has 1 amide bonds. The second-order valence-corrected chi connectivity index (χ2v) is 4.86. The first kappa shape index (κ1) is 12.9. The van der Waals surface area contributed by atoms with Crippen molar-refractivity contribution in [2.45, 2.75) is 12.5 Å². The van der Waals surface area contributed by atoms with E-state index in [4.69, 9.17) is 4.74 Å². The Balaban J connectivity index is 1.92. The van der Waals surface area contributed by atoms with Gasteiger partial charge in [-0.25, -0.2) is 4.98 Å². The highest BCUT2D eigenvalue weighted by atomic mass is 16.5. The first-order valence-electron chi connectivity index (χ1n) is 6.74. The second kappa shape index (κ2) is 5.46. The Hall–Kier alpha value is -2.14. The lowest BCUT2D eigenvalue weighted by atomic mass is 10.1. The molecule has 0 bridgehead atoms. The number of carbonyl (C=O) groups is 1. The Kier molecular flexibility index (Phi) is 3.52. The highest BCUT2D eigenvalue weighted by molar-refractivity contribution is 5.99. The fraction of sp³-hybridized carbons (Fsp3) is 0.333. The first-order valence-corrected chi connectivity index (χ1v) is 6.74. The van der Waals surface area contributed by atoms with Gasteiger partial charge in [0.05, 0.1) is 18.2 Å². The zero-order valence-electron chi connectivity index (χ0n) is 11.3. The molecule has 5 heteroatoms. The molecule has 2 heterocycles. The lowest BCUT2D eigenvalue weighted by Crippen LogP contribution is -2.35. The molecular weight excluding hydrogens is 254 g/mol. The Morgan fingerprint density at radius 1 is 1.40 bits per heavy atom. The Labute approximate surface area is 117 Å². The maximum atomic E-state index is 12.3. The summed E-state index contributed by atoms with van der Waals surface area (Å²) < 4.78 is 5.26. The van der Waals surface area contributed by atoms with Crippen LogP contribution in [0.4, 0.5) is 5.69 Å². The first-order chi connectivity index (χ1) is 9.78. The number of aromatic nitrogens is 1.